The lowest BCUT2D eigenvalue weighted by Gasteiger charge is -2.08. The summed E-state index contributed by atoms with van der Waals surface area (Å²) in [5, 5.41) is 5.34. The lowest BCUT2D eigenvalue weighted by Crippen LogP contribution is -2.05. The molecular weight excluding hydrogens is 301 g/mol. The molecule has 3 aromatic rings. The summed E-state index contributed by atoms with van der Waals surface area (Å²) < 4.78 is 20.9. The van der Waals surface area contributed by atoms with E-state index in [0.717, 1.165) is 10.7 Å². The molecule has 3 rings (SSSR count). The number of hydrogen-bond acceptors (Lipinski definition) is 4. The Hall–Kier alpha value is -1.79. The number of halogens is 2. The van der Waals surface area contributed by atoms with Crippen molar-refractivity contribution in [1.82, 2.24) is 9.38 Å². The normalized spacial score (nSPS) is 10.9. The van der Waals surface area contributed by atoms with Crippen molar-refractivity contribution in [3.63, 3.8) is 0 Å². The van der Waals surface area contributed by atoms with E-state index < -0.39 is 0 Å². The first kappa shape index (κ1) is 13.2. The van der Waals surface area contributed by atoms with Gasteiger partial charge in [0.15, 0.2) is 4.96 Å². The van der Waals surface area contributed by atoms with E-state index >= 15 is 0 Å². The highest BCUT2D eigenvalue weighted by molar-refractivity contribution is 7.15. The summed E-state index contributed by atoms with van der Waals surface area (Å²) in [5.41, 5.74) is 1.24. The van der Waals surface area contributed by atoms with Crippen molar-refractivity contribution < 1.29 is 9.13 Å². The molecule has 0 unspecified atom stereocenters. The first-order valence-corrected chi connectivity index (χ1v) is 7.12. The summed E-state index contributed by atoms with van der Waals surface area (Å²) in [6.45, 7) is 0.402. The van der Waals surface area contributed by atoms with E-state index in [4.69, 9.17) is 16.3 Å². The minimum absolute atomic E-state index is 0.371. The van der Waals surface area contributed by atoms with E-state index in [0.29, 0.717) is 23.1 Å². The Labute approximate surface area is 123 Å². The van der Waals surface area contributed by atoms with Crippen LogP contribution >= 0.6 is 22.9 Å². The van der Waals surface area contributed by atoms with Crippen LogP contribution in [0.5, 0.6) is 5.88 Å². The van der Waals surface area contributed by atoms with E-state index in [-0.39, 0.29) is 5.82 Å². The van der Waals surface area contributed by atoms with Gasteiger partial charge in [-0.1, -0.05) is 11.6 Å². The Morgan fingerprint density at radius 1 is 1.50 bits per heavy atom. The minimum Gasteiger partial charge on any atom is -0.480 e. The van der Waals surface area contributed by atoms with Gasteiger partial charge in [-0.15, -0.1) is 11.3 Å². The zero-order valence-electron chi connectivity index (χ0n) is 10.6. The fourth-order valence-corrected chi connectivity index (χ4v) is 2.83. The van der Waals surface area contributed by atoms with Crippen molar-refractivity contribution in [2.24, 2.45) is 0 Å². The van der Waals surface area contributed by atoms with Gasteiger partial charge < -0.3 is 10.1 Å². The van der Waals surface area contributed by atoms with Crippen LogP contribution in [0.2, 0.25) is 5.02 Å². The molecule has 0 saturated heterocycles. The molecule has 0 aliphatic heterocycles. The van der Waals surface area contributed by atoms with Crippen LogP contribution in [0.1, 0.15) is 5.69 Å². The van der Waals surface area contributed by atoms with Crippen LogP contribution < -0.4 is 10.1 Å². The second-order valence-corrected chi connectivity index (χ2v) is 5.41. The van der Waals surface area contributed by atoms with Gasteiger partial charge in [0.2, 0.25) is 5.88 Å². The third-order valence-electron chi connectivity index (χ3n) is 2.90. The molecule has 0 aliphatic carbocycles. The second-order valence-electron chi connectivity index (χ2n) is 4.10. The number of nitrogens with zero attached hydrogens (tertiary/aromatic N) is 2. The number of hydrogen-bond donors (Lipinski definition) is 1. The molecule has 4 nitrogen and oxygen atoms in total. The minimum atomic E-state index is -0.387. The summed E-state index contributed by atoms with van der Waals surface area (Å²) in [5.74, 6) is 0.154. The number of benzene rings is 1. The van der Waals surface area contributed by atoms with Crippen LogP contribution in [-0.4, -0.2) is 16.5 Å². The number of nitrogens with one attached hydrogen (secondary N) is 1. The number of rotatable bonds is 4. The van der Waals surface area contributed by atoms with Gasteiger partial charge in [0.05, 0.1) is 19.3 Å². The largest absolute Gasteiger partial charge is 0.480 e. The monoisotopic (exact) mass is 311 g/mol. The van der Waals surface area contributed by atoms with Gasteiger partial charge in [-0.05, 0) is 18.2 Å². The lowest BCUT2D eigenvalue weighted by atomic mass is 10.3. The average molecular weight is 312 g/mol. The van der Waals surface area contributed by atoms with Gasteiger partial charge >= 0.3 is 0 Å². The van der Waals surface area contributed by atoms with Crippen molar-refractivity contribution in [1.29, 1.82) is 0 Å². The maximum absolute atomic E-state index is 13.7. The highest BCUT2D eigenvalue weighted by Crippen LogP contribution is 2.25. The van der Waals surface area contributed by atoms with Gasteiger partial charge in [-0.25, -0.2) is 4.39 Å². The average Bonchev–Trinajstić information content (AvgIpc) is 2.98. The Kier molecular flexibility index (Phi) is 3.50. The van der Waals surface area contributed by atoms with Gasteiger partial charge in [-0.2, -0.15) is 4.98 Å². The molecule has 0 spiro atoms. The molecule has 0 amide bonds. The van der Waals surface area contributed by atoms with Crippen molar-refractivity contribution in [3.8, 4) is 5.88 Å². The third-order valence-corrected chi connectivity index (χ3v) is 3.89. The van der Waals surface area contributed by atoms with Gasteiger partial charge in [-0.3, -0.25) is 4.40 Å². The summed E-state index contributed by atoms with van der Waals surface area (Å²) in [4.78, 5) is 5.19. The van der Waals surface area contributed by atoms with Gasteiger partial charge in [0.25, 0.3) is 0 Å². The highest BCUT2D eigenvalue weighted by Gasteiger charge is 2.14. The molecule has 1 aromatic carbocycles. The predicted molar refractivity (Wildman–Crippen MR) is 78.4 cm³/mol. The number of anilines is 1. The standard InChI is InChI=1S/C13H11ClFN3OS/c1-19-12-11(18-4-5-20-13(18)17-12)7-16-10-3-2-8(14)6-9(10)15/h2-6,16H,7H2,1H3. The van der Waals surface area contributed by atoms with E-state index in [1.54, 1.807) is 19.2 Å². The Bertz CT molecular complexity index is 755. The van der Waals surface area contributed by atoms with Crippen LogP contribution in [0.25, 0.3) is 4.96 Å². The summed E-state index contributed by atoms with van der Waals surface area (Å²) in [7, 11) is 1.57. The van der Waals surface area contributed by atoms with Crippen molar-refractivity contribution in [3.05, 3.63) is 46.3 Å². The quantitative estimate of drug-likeness (QED) is 0.796. The van der Waals surface area contributed by atoms with E-state index in [1.165, 1.54) is 17.4 Å². The van der Waals surface area contributed by atoms with Crippen molar-refractivity contribution in [2.75, 3.05) is 12.4 Å². The van der Waals surface area contributed by atoms with Crippen LogP contribution in [-0.2, 0) is 6.54 Å². The fraction of sp³-hybridized carbons (Fsp3) is 0.154. The Morgan fingerprint density at radius 3 is 3.10 bits per heavy atom. The molecule has 0 fully saturated rings. The molecule has 20 heavy (non-hydrogen) atoms. The first-order valence-electron chi connectivity index (χ1n) is 5.86. The number of aromatic nitrogens is 2. The van der Waals surface area contributed by atoms with E-state index in [2.05, 4.69) is 10.3 Å². The zero-order valence-corrected chi connectivity index (χ0v) is 12.1. The molecule has 1 N–H and O–H groups in total. The number of thiazole rings is 1. The molecule has 2 aromatic heterocycles. The molecule has 7 heteroatoms. The lowest BCUT2D eigenvalue weighted by molar-refractivity contribution is 0.395. The second kappa shape index (κ2) is 5.30. The summed E-state index contributed by atoms with van der Waals surface area (Å²) in [6.07, 6.45) is 1.91. The van der Waals surface area contributed by atoms with Gasteiger partial charge in [0.1, 0.15) is 11.5 Å². The molecule has 0 atom stereocenters. The predicted octanol–water partition coefficient (Wildman–Crippen LogP) is 3.81. The fourth-order valence-electron chi connectivity index (χ4n) is 1.95. The highest BCUT2D eigenvalue weighted by atomic mass is 35.5. The number of fused-ring (bicyclic) bond motifs is 1. The van der Waals surface area contributed by atoms with Crippen molar-refractivity contribution >= 4 is 33.6 Å². The van der Waals surface area contributed by atoms with Crippen LogP contribution in [0, 0.1) is 5.82 Å². The third kappa shape index (κ3) is 2.32. The molecule has 0 aliphatic rings. The van der Waals surface area contributed by atoms with E-state index in [1.807, 2.05) is 16.0 Å². The molecule has 0 saturated carbocycles. The molecule has 0 radical (unpaired) electrons. The van der Waals surface area contributed by atoms with Crippen LogP contribution in [0.3, 0.4) is 0 Å². The maximum atomic E-state index is 13.7. The molecular formula is C13H11ClFN3OS. The summed E-state index contributed by atoms with van der Waals surface area (Å²) in [6, 6.07) is 4.52. The number of methoxy groups -OCH3 is 1. The van der Waals surface area contributed by atoms with Crippen LogP contribution in [0.15, 0.2) is 29.8 Å². The smallest absolute Gasteiger partial charge is 0.238 e. The SMILES string of the molecule is COc1nc2sccn2c1CNc1ccc(Cl)cc1F. The molecule has 2 heterocycles. The van der Waals surface area contributed by atoms with Crippen LogP contribution in [0.4, 0.5) is 10.1 Å². The zero-order chi connectivity index (χ0) is 14.1. The number of ether oxygens (including phenoxy) is 1. The van der Waals surface area contributed by atoms with E-state index in [9.17, 15) is 4.39 Å². The first-order chi connectivity index (χ1) is 9.69. The summed E-state index contributed by atoms with van der Waals surface area (Å²) >= 11 is 7.24. The number of imidazole rings is 1. The van der Waals surface area contributed by atoms with Crippen molar-refractivity contribution in [2.45, 2.75) is 6.54 Å². The Balaban J connectivity index is 1.87. The topological polar surface area (TPSA) is 38.6 Å². The molecule has 104 valence electrons. The van der Waals surface area contributed by atoms with Gasteiger partial charge in [0, 0.05) is 16.6 Å². The Morgan fingerprint density at radius 2 is 2.35 bits per heavy atom. The maximum Gasteiger partial charge on any atom is 0.238 e. The molecule has 0 bridgehead atoms.